The highest BCUT2D eigenvalue weighted by Gasteiger charge is 2.32. The number of carbonyl (C=O) groups is 2. The molecule has 0 aliphatic heterocycles. The number of allylic oxidation sites excluding steroid dienone is 2. The van der Waals surface area contributed by atoms with Gasteiger partial charge in [0, 0.05) is 23.1 Å². The van der Waals surface area contributed by atoms with Crippen LogP contribution in [0, 0.1) is 19.8 Å². The Labute approximate surface area is 212 Å². The molecule has 2 heterocycles. The number of aromatic nitrogens is 4. The van der Waals surface area contributed by atoms with E-state index in [0.717, 1.165) is 53.8 Å². The molecule has 3 N–H and O–H groups in total. The second kappa shape index (κ2) is 11.4. The van der Waals surface area contributed by atoms with Gasteiger partial charge in [-0.05, 0) is 70.2 Å². The summed E-state index contributed by atoms with van der Waals surface area (Å²) < 4.78 is 1.66. The van der Waals surface area contributed by atoms with Gasteiger partial charge in [-0.3, -0.25) is 19.4 Å². The molecular weight excluding hydrogens is 452 g/mol. The summed E-state index contributed by atoms with van der Waals surface area (Å²) in [7, 11) is 0. The van der Waals surface area contributed by atoms with Gasteiger partial charge in [0.1, 0.15) is 11.7 Å². The summed E-state index contributed by atoms with van der Waals surface area (Å²) >= 11 is 0. The lowest BCUT2D eigenvalue weighted by Crippen LogP contribution is -2.49. The van der Waals surface area contributed by atoms with E-state index < -0.39 is 6.04 Å². The number of carbonyl (C=O) groups excluding carboxylic acids is 2. The number of nitrogens with zero attached hydrogens (tertiary/aromatic N) is 3. The van der Waals surface area contributed by atoms with E-state index in [1.807, 2.05) is 58.0 Å². The Morgan fingerprint density at radius 1 is 1.11 bits per heavy atom. The summed E-state index contributed by atoms with van der Waals surface area (Å²) in [4.78, 5) is 26.7. The first-order valence-electron chi connectivity index (χ1n) is 12.7. The molecule has 0 bridgehead atoms. The number of benzene rings is 1. The molecule has 8 nitrogen and oxygen atoms in total. The average Bonchev–Trinajstić information content (AvgIpc) is 3.48. The van der Waals surface area contributed by atoms with Crippen LogP contribution in [-0.2, 0) is 11.3 Å². The quantitative estimate of drug-likeness (QED) is 0.380. The Bertz CT molecular complexity index is 1210. The molecule has 1 aliphatic rings. The Kier molecular flexibility index (Phi) is 8.03. The molecule has 1 atom stereocenters. The highest BCUT2D eigenvalue weighted by Crippen LogP contribution is 2.29. The Balaban J connectivity index is 1.50. The number of hydrogen-bond donors (Lipinski definition) is 3. The van der Waals surface area contributed by atoms with E-state index in [-0.39, 0.29) is 17.7 Å². The summed E-state index contributed by atoms with van der Waals surface area (Å²) in [6.45, 7) is 8.50. The fourth-order valence-electron chi connectivity index (χ4n) is 4.94. The van der Waals surface area contributed by atoms with Crippen molar-refractivity contribution in [3.05, 3.63) is 65.3 Å². The van der Waals surface area contributed by atoms with Crippen molar-refractivity contribution in [3.63, 3.8) is 0 Å². The van der Waals surface area contributed by atoms with Gasteiger partial charge in [-0.25, -0.2) is 0 Å². The van der Waals surface area contributed by atoms with Crippen LogP contribution in [0.1, 0.15) is 67.8 Å². The first kappa shape index (κ1) is 25.4. The maximum atomic E-state index is 13.5. The minimum atomic E-state index is -0.609. The van der Waals surface area contributed by atoms with Gasteiger partial charge in [0.15, 0.2) is 0 Å². The lowest BCUT2D eigenvalue weighted by Gasteiger charge is -2.30. The topological polar surface area (TPSA) is 105 Å². The third kappa shape index (κ3) is 5.93. The second-order valence-corrected chi connectivity index (χ2v) is 9.90. The number of rotatable bonds is 8. The molecule has 1 saturated carbocycles. The SMILES string of the molecule is CC(C)=CCn1nccc1C(=O)N[C@H](C(=O)Nc1ccc(-c2c(C)n[nH]c2C)cc1)C1CCCCC1. The first-order chi connectivity index (χ1) is 17.3. The largest absolute Gasteiger partial charge is 0.339 e. The fourth-order valence-corrected chi connectivity index (χ4v) is 4.94. The lowest BCUT2D eigenvalue weighted by molar-refractivity contribution is -0.119. The molecule has 4 rings (SSSR count). The molecule has 1 aromatic carbocycles. The number of amides is 2. The number of anilines is 1. The van der Waals surface area contributed by atoms with Gasteiger partial charge in [-0.15, -0.1) is 0 Å². The zero-order valence-corrected chi connectivity index (χ0v) is 21.6. The fraction of sp³-hybridized carbons (Fsp3) is 0.429. The molecule has 0 saturated heterocycles. The maximum Gasteiger partial charge on any atom is 0.270 e. The number of H-pyrrole nitrogens is 1. The number of hydrogen-bond acceptors (Lipinski definition) is 4. The van der Waals surface area contributed by atoms with Gasteiger partial charge in [-0.1, -0.05) is 43.0 Å². The summed E-state index contributed by atoms with van der Waals surface area (Å²) in [6, 6.07) is 8.85. The van der Waals surface area contributed by atoms with Gasteiger partial charge in [0.2, 0.25) is 5.91 Å². The van der Waals surface area contributed by atoms with Crippen LogP contribution in [0.5, 0.6) is 0 Å². The van der Waals surface area contributed by atoms with Crippen molar-refractivity contribution in [1.29, 1.82) is 0 Å². The predicted molar refractivity (Wildman–Crippen MR) is 142 cm³/mol. The maximum absolute atomic E-state index is 13.5. The highest BCUT2D eigenvalue weighted by atomic mass is 16.2. The third-order valence-corrected chi connectivity index (χ3v) is 6.88. The van der Waals surface area contributed by atoms with Crippen molar-refractivity contribution in [2.45, 2.75) is 72.4 Å². The molecule has 0 unspecified atom stereocenters. The van der Waals surface area contributed by atoms with E-state index in [1.165, 1.54) is 6.42 Å². The van der Waals surface area contributed by atoms with Crippen molar-refractivity contribution in [1.82, 2.24) is 25.3 Å². The van der Waals surface area contributed by atoms with Gasteiger partial charge in [0.05, 0.1) is 12.2 Å². The van der Waals surface area contributed by atoms with E-state index in [1.54, 1.807) is 16.9 Å². The highest BCUT2D eigenvalue weighted by molar-refractivity contribution is 6.00. The van der Waals surface area contributed by atoms with Gasteiger partial charge < -0.3 is 10.6 Å². The zero-order chi connectivity index (χ0) is 25.7. The standard InChI is InChI=1S/C28H36N6O2/c1-18(2)15-17-34-24(14-16-29-34)27(35)31-26(22-8-6-5-7-9-22)28(36)30-23-12-10-21(11-13-23)25-19(3)32-33-20(25)4/h10-16,22,26H,5-9,17H2,1-4H3,(H,30,36)(H,31,35)(H,32,33)/t26-/m0/s1. The van der Waals surface area contributed by atoms with Gasteiger partial charge in [-0.2, -0.15) is 10.2 Å². The van der Waals surface area contributed by atoms with E-state index in [4.69, 9.17) is 0 Å². The van der Waals surface area contributed by atoms with E-state index in [9.17, 15) is 9.59 Å². The number of nitrogens with one attached hydrogen (secondary N) is 3. The third-order valence-electron chi connectivity index (χ3n) is 6.88. The monoisotopic (exact) mass is 488 g/mol. The normalized spacial score (nSPS) is 14.8. The van der Waals surface area contributed by atoms with Crippen molar-refractivity contribution in [3.8, 4) is 11.1 Å². The van der Waals surface area contributed by atoms with Crippen LogP contribution in [0.25, 0.3) is 11.1 Å². The van der Waals surface area contributed by atoms with E-state index >= 15 is 0 Å². The average molecular weight is 489 g/mol. The molecule has 1 fully saturated rings. The van der Waals surface area contributed by atoms with Crippen LogP contribution >= 0.6 is 0 Å². The van der Waals surface area contributed by atoms with Gasteiger partial charge >= 0.3 is 0 Å². The second-order valence-electron chi connectivity index (χ2n) is 9.90. The number of aromatic amines is 1. The molecule has 0 radical (unpaired) electrons. The molecule has 2 aromatic heterocycles. The lowest BCUT2D eigenvalue weighted by atomic mass is 9.83. The van der Waals surface area contributed by atoms with Crippen molar-refractivity contribution in [2.24, 2.45) is 5.92 Å². The first-order valence-corrected chi connectivity index (χ1v) is 12.7. The minimum absolute atomic E-state index is 0.104. The van der Waals surface area contributed by atoms with Crippen LogP contribution in [0.2, 0.25) is 0 Å². The van der Waals surface area contributed by atoms with Crippen LogP contribution < -0.4 is 10.6 Å². The Morgan fingerprint density at radius 3 is 2.47 bits per heavy atom. The van der Waals surface area contributed by atoms with Crippen molar-refractivity contribution in [2.75, 3.05) is 5.32 Å². The van der Waals surface area contributed by atoms with Crippen LogP contribution in [0.4, 0.5) is 5.69 Å². The van der Waals surface area contributed by atoms with Crippen molar-refractivity contribution < 1.29 is 9.59 Å². The smallest absolute Gasteiger partial charge is 0.270 e. The molecule has 190 valence electrons. The molecule has 3 aromatic rings. The Morgan fingerprint density at radius 2 is 1.83 bits per heavy atom. The summed E-state index contributed by atoms with van der Waals surface area (Å²) in [5.41, 5.74) is 6.37. The Hall–Kier alpha value is -3.68. The number of aryl methyl sites for hydroxylation is 2. The van der Waals surface area contributed by atoms with E-state index in [2.05, 4.69) is 25.9 Å². The molecule has 1 aliphatic carbocycles. The van der Waals surface area contributed by atoms with Crippen LogP contribution in [-0.4, -0.2) is 37.8 Å². The summed E-state index contributed by atoms with van der Waals surface area (Å²) in [6.07, 6.45) is 8.80. The van der Waals surface area contributed by atoms with Crippen molar-refractivity contribution >= 4 is 17.5 Å². The molecule has 8 heteroatoms. The van der Waals surface area contributed by atoms with E-state index in [0.29, 0.717) is 17.9 Å². The summed E-state index contributed by atoms with van der Waals surface area (Å²) in [5.74, 6) is -0.358. The molecular formula is C28H36N6O2. The molecule has 2 amide bonds. The van der Waals surface area contributed by atoms with Crippen LogP contribution in [0.15, 0.2) is 48.2 Å². The zero-order valence-electron chi connectivity index (χ0n) is 21.6. The molecule has 36 heavy (non-hydrogen) atoms. The predicted octanol–water partition coefficient (Wildman–Crippen LogP) is 5.17. The molecule has 0 spiro atoms. The van der Waals surface area contributed by atoms with Crippen LogP contribution in [0.3, 0.4) is 0 Å². The summed E-state index contributed by atoms with van der Waals surface area (Å²) in [5, 5.41) is 17.6. The minimum Gasteiger partial charge on any atom is -0.339 e. The van der Waals surface area contributed by atoms with Gasteiger partial charge in [0.25, 0.3) is 5.91 Å².